The molecule has 4 aromatic rings. The third-order valence-electron chi connectivity index (χ3n) is 11.1. The average molecular weight is 701 g/mol. The number of ketones is 2. The number of benzene rings is 2. The van der Waals surface area contributed by atoms with Crippen LogP contribution in [0.15, 0.2) is 72.8 Å². The molecule has 10 nitrogen and oxygen atoms in total. The molecule has 2 aromatic carbocycles. The Balaban J connectivity index is 0.883. The molecular formula is C42H52N8O2. The summed E-state index contributed by atoms with van der Waals surface area (Å²) in [6, 6.07) is 24.8. The van der Waals surface area contributed by atoms with Gasteiger partial charge in [0.15, 0.2) is 0 Å². The predicted molar refractivity (Wildman–Crippen MR) is 205 cm³/mol. The van der Waals surface area contributed by atoms with Gasteiger partial charge in [-0.2, -0.15) is 20.4 Å². The Bertz CT molecular complexity index is 1670. The van der Waals surface area contributed by atoms with Gasteiger partial charge in [-0.15, -0.1) is 0 Å². The van der Waals surface area contributed by atoms with Gasteiger partial charge in [0.1, 0.15) is 11.6 Å². The van der Waals surface area contributed by atoms with E-state index in [2.05, 4.69) is 103 Å². The van der Waals surface area contributed by atoms with E-state index >= 15 is 0 Å². The minimum atomic E-state index is 0.148. The molecule has 2 saturated heterocycles. The van der Waals surface area contributed by atoms with Crippen molar-refractivity contribution in [2.45, 2.75) is 63.2 Å². The molecule has 52 heavy (non-hydrogen) atoms. The average Bonchev–Trinajstić information content (AvgIpc) is 3.16. The third-order valence-corrected chi connectivity index (χ3v) is 11.1. The lowest BCUT2D eigenvalue weighted by Gasteiger charge is -2.34. The molecule has 4 heterocycles. The first-order valence-electron chi connectivity index (χ1n) is 19.1. The van der Waals surface area contributed by atoms with Gasteiger partial charge in [0, 0.05) is 88.4 Å². The number of carbonyl (C=O) groups is 2. The Kier molecular flexibility index (Phi) is 11.6. The van der Waals surface area contributed by atoms with Crippen molar-refractivity contribution in [3.8, 4) is 0 Å². The first-order chi connectivity index (χ1) is 25.3. The molecule has 2 aromatic heterocycles. The van der Waals surface area contributed by atoms with Crippen molar-refractivity contribution < 1.29 is 9.59 Å². The molecule has 0 unspecified atom stereocenters. The molecule has 0 bridgehead atoms. The van der Waals surface area contributed by atoms with Crippen LogP contribution in [-0.2, 0) is 35.3 Å². The number of hydrogen-bond donors (Lipinski definition) is 0. The molecule has 272 valence electrons. The number of Topliss-reactive ketones (excluding diaryl/α,β-unsaturated/α-hetero) is 2. The largest absolute Gasteiger partial charge is 0.369 e. The molecule has 7 rings (SSSR count). The van der Waals surface area contributed by atoms with Gasteiger partial charge in [0.05, 0.1) is 35.6 Å². The number of rotatable bonds is 12. The van der Waals surface area contributed by atoms with Gasteiger partial charge < -0.3 is 19.6 Å². The fourth-order valence-corrected chi connectivity index (χ4v) is 7.93. The second kappa shape index (κ2) is 16.9. The highest BCUT2D eigenvalue weighted by atomic mass is 16.1. The smallest absolute Gasteiger partial charge is 0.143 e. The van der Waals surface area contributed by atoms with E-state index < -0.39 is 0 Å². The minimum absolute atomic E-state index is 0.148. The van der Waals surface area contributed by atoms with Crippen LogP contribution in [0.2, 0.25) is 0 Å². The summed E-state index contributed by atoms with van der Waals surface area (Å²) in [4.78, 5) is 35.5. The Hall–Kier alpha value is -4.54. The molecular weight excluding hydrogens is 649 g/mol. The lowest BCUT2D eigenvalue weighted by molar-refractivity contribution is -0.118. The summed E-state index contributed by atoms with van der Waals surface area (Å²) in [5.41, 5.74) is 7.87. The van der Waals surface area contributed by atoms with Crippen molar-refractivity contribution in [1.82, 2.24) is 30.2 Å². The normalized spacial score (nSPS) is 20.2. The molecule has 0 N–H and O–H groups in total. The monoisotopic (exact) mass is 700 g/mol. The van der Waals surface area contributed by atoms with E-state index in [-0.39, 0.29) is 36.2 Å². The van der Waals surface area contributed by atoms with Crippen LogP contribution in [0, 0.1) is 0 Å². The Labute approximate surface area is 308 Å². The van der Waals surface area contributed by atoms with Crippen LogP contribution < -0.4 is 9.80 Å². The van der Waals surface area contributed by atoms with E-state index in [9.17, 15) is 9.59 Å². The molecule has 0 radical (unpaired) electrons. The van der Waals surface area contributed by atoms with Gasteiger partial charge in [-0.3, -0.25) is 9.59 Å². The number of anilines is 2. The van der Waals surface area contributed by atoms with Crippen molar-refractivity contribution in [3.05, 3.63) is 107 Å². The molecule has 10 heteroatoms. The van der Waals surface area contributed by atoms with Gasteiger partial charge >= 0.3 is 0 Å². The van der Waals surface area contributed by atoms with Crippen molar-refractivity contribution in [1.29, 1.82) is 0 Å². The summed E-state index contributed by atoms with van der Waals surface area (Å²) in [5, 5.41) is 18.2. The van der Waals surface area contributed by atoms with Crippen LogP contribution in [0.5, 0.6) is 0 Å². The van der Waals surface area contributed by atoms with E-state index in [1.165, 1.54) is 11.4 Å². The molecule has 0 amide bonds. The summed E-state index contributed by atoms with van der Waals surface area (Å²) in [7, 11) is 4.32. The predicted octanol–water partition coefficient (Wildman–Crippen LogP) is 4.92. The maximum atomic E-state index is 13.0. The number of piperazine rings is 2. The summed E-state index contributed by atoms with van der Waals surface area (Å²) < 4.78 is 0. The zero-order valence-electron chi connectivity index (χ0n) is 30.8. The SMILES string of the molecule is CN1CCN(c2cccc(CC(=O)Cc3ccc([C@H]4CCC[C@H](c5ccc(CC(=O)Cc6cccc(N7CCN(C)CC7)c6)nn5)C4)nn3)c2)CC1. The highest BCUT2D eigenvalue weighted by Gasteiger charge is 2.27. The van der Waals surface area contributed by atoms with Gasteiger partial charge in [0.2, 0.25) is 0 Å². The molecule has 1 saturated carbocycles. The number of nitrogens with zero attached hydrogens (tertiary/aromatic N) is 8. The number of carbonyl (C=O) groups excluding carboxylic acids is 2. The Morgan fingerprint density at radius 2 is 1.00 bits per heavy atom. The number of aromatic nitrogens is 4. The third kappa shape index (κ3) is 9.46. The minimum Gasteiger partial charge on any atom is -0.369 e. The Morgan fingerprint density at radius 1 is 0.558 bits per heavy atom. The molecule has 1 aliphatic carbocycles. The number of likely N-dealkylation sites (N-methyl/N-ethyl adjacent to an activating group) is 2. The Morgan fingerprint density at radius 3 is 1.40 bits per heavy atom. The molecule has 0 spiro atoms. The van der Waals surface area contributed by atoms with E-state index in [0.29, 0.717) is 12.8 Å². The first-order valence-corrected chi connectivity index (χ1v) is 19.1. The first kappa shape index (κ1) is 35.8. The molecule has 2 atom stereocenters. The van der Waals surface area contributed by atoms with Gasteiger partial charge in [0.25, 0.3) is 0 Å². The second-order valence-electron chi connectivity index (χ2n) is 15.2. The topological polar surface area (TPSA) is 98.7 Å². The van der Waals surface area contributed by atoms with Crippen LogP contribution in [0.1, 0.15) is 71.4 Å². The summed E-state index contributed by atoms with van der Waals surface area (Å²) in [6.45, 7) is 8.25. The fraction of sp³-hybridized carbons (Fsp3) is 0.476. The lowest BCUT2D eigenvalue weighted by atomic mass is 9.78. The zero-order chi connectivity index (χ0) is 35.9. The van der Waals surface area contributed by atoms with Crippen molar-refractivity contribution in [2.24, 2.45) is 0 Å². The summed E-state index contributed by atoms with van der Waals surface area (Å²) in [5.74, 6) is 0.875. The quantitative estimate of drug-likeness (QED) is 0.203. The van der Waals surface area contributed by atoms with Gasteiger partial charge in [-0.25, -0.2) is 0 Å². The standard InChI is InChI=1S/C42H52N8O2/c1-47-16-20-49(21-17-47)37-10-3-6-31(24-37)26-39(51)29-35-12-14-41(45-43-35)33-8-5-9-34(28-33)42-15-13-36(44-46-42)30-40(52)27-32-7-4-11-38(25-32)50-22-18-48(2)19-23-50/h3-4,6-7,10-15,24-25,33-34H,5,8-9,16-23,26-30H2,1-2H3/t33-,34-/m0/s1. The van der Waals surface area contributed by atoms with E-state index in [0.717, 1.165) is 112 Å². The lowest BCUT2D eigenvalue weighted by Crippen LogP contribution is -2.44. The second-order valence-corrected chi connectivity index (χ2v) is 15.2. The van der Waals surface area contributed by atoms with Crippen LogP contribution >= 0.6 is 0 Å². The van der Waals surface area contributed by atoms with E-state index in [1.54, 1.807) is 0 Å². The van der Waals surface area contributed by atoms with Crippen LogP contribution in [0.3, 0.4) is 0 Å². The maximum Gasteiger partial charge on any atom is 0.143 e. The van der Waals surface area contributed by atoms with E-state index in [1.807, 2.05) is 24.3 Å². The highest BCUT2D eigenvalue weighted by molar-refractivity contribution is 5.83. The van der Waals surface area contributed by atoms with Crippen LogP contribution in [0.4, 0.5) is 11.4 Å². The van der Waals surface area contributed by atoms with Crippen LogP contribution in [-0.4, -0.2) is 108 Å². The molecule has 2 aliphatic heterocycles. The summed E-state index contributed by atoms with van der Waals surface area (Å²) >= 11 is 0. The summed E-state index contributed by atoms with van der Waals surface area (Å²) in [6.07, 6.45) is 5.50. The maximum absolute atomic E-state index is 13.0. The van der Waals surface area contributed by atoms with Gasteiger partial charge in [-0.1, -0.05) is 30.7 Å². The highest BCUT2D eigenvalue weighted by Crippen LogP contribution is 2.40. The van der Waals surface area contributed by atoms with Crippen molar-refractivity contribution >= 4 is 22.9 Å². The number of hydrogen-bond acceptors (Lipinski definition) is 10. The fourth-order valence-electron chi connectivity index (χ4n) is 7.93. The van der Waals surface area contributed by atoms with Crippen LogP contribution in [0.25, 0.3) is 0 Å². The molecule has 3 fully saturated rings. The van der Waals surface area contributed by atoms with Crippen molar-refractivity contribution in [3.63, 3.8) is 0 Å². The zero-order valence-corrected chi connectivity index (χ0v) is 30.8. The van der Waals surface area contributed by atoms with Gasteiger partial charge in [-0.05, 0) is 93.0 Å². The molecule has 3 aliphatic rings. The van der Waals surface area contributed by atoms with Crippen molar-refractivity contribution in [2.75, 3.05) is 76.3 Å². The van der Waals surface area contributed by atoms with E-state index in [4.69, 9.17) is 0 Å².